The number of carboxylic acids is 1. The first-order valence-electron chi connectivity index (χ1n) is 6.57. The lowest BCUT2D eigenvalue weighted by Gasteiger charge is -2.05. The van der Waals surface area contributed by atoms with E-state index in [0.717, 1.165) is 23.6 Å². The molecule has 0 unspecified atom stereocenters. The minimum atomic E-state index is -0.942. The number of thiazole rings is 1. The summed E-state index contributed by atoms with van der Waals surface area (Å²) in [7, 11) is 0. The van der Waals surface area contributed by atoms with E-state index in [9.17, 15) is 4.79 Å². The summed E-state index contributed by atoms with van der Waals surface area (Å²) in [5.41, 5.74) is 1.74. The number of carboxylic acid groups (broad SMARTS) is 1. The van der Waals surface area contributed by atoms with Crippen molar-refractivity contribution in [2.24, 2.45) is 0 Å². The summed E-state index contributed by atoms with van der Waals surface area (Å²) >= 11 is 1.22. The summed E-state index contributed by atoms with van der Waals surface area (Å²) < 4.78 is 5.62. The van der Waals surface area contributed by atoms with Gasteiger partial charge in [-0.25, -0.2) is 9.78 Å². The van der Waals surface area contributed by atoms with E-state index in [-0.39, 0.29) is 11.5 Å². The van der Waals surface area contributed by atoms with Crippen LogP contribution < -0.4 is 4.74 Å². The smallest absolute Gasteiger partial charge is 0.347 e. The third kappa shape index (κ3) is 3.36. The van der Waals surface area contributed by atoms with Crippen LogP contribution in [0.25, 0.3) is 0 Å². The number of ether oxygens (including phenoxy) is 1. The Balaban J connectivity index is 2.09. The molecule has 0 aliphatic carbocycles. The molecule has 2 aromatic rings. The van der Waals surface area contributed by atoms with Crippen LogP contribution in [0.15, 0.2) is 24.3 Å². The Kier molecular flexibility index (Phi) is 4.74. The van der Waals surface area contributed by atoms with E-state index in [0.29, 0.717) is 5.69 Å². The van der Waals surface area contributed by atoms with Crippen molar-refractivity contribution in [2.45, 2.75) is 33.3 Å². The molecule has 1 heterocycles. The molecule has 0 atom stereocenters. The second-order valence-electron chi connectivity index (χ2n) is 4.33. The Morgan fingerprint density at radius 3 is 2.50 bits per heavy atom. The van der Waals surface area contributed by atoms with E-state index >= 15 is 0 Å². The first-order valence-corrected chi connectivity index (χ1v) is 7.39. The van der Waals surface area contributed by atoms with Crippen LogP contribution in [0.4, 0.5) is 0 Å². The lowest BCUT2D eigenvalue weighted by molar-refractivity contribution is 0.0699. The highest BCUT2D eigenvalue weighted by molar-refractivity contribution is 7.13. The van der Waals surface area contributed by atoms with Gasteiger partial charge in [0.25, 0.3) is 0 Å². The third-order valence-electron chi connectivity index (χ3n) is 2.95. The van der Waals surface area contributed by atoms with Crippen LogP contribution in [0.3, 0.4) is 0 Å². The van der Waals surface area contributed by atoms with Gasteiger partial charge in [-0.15, -0.1) is 11.3 Å². The van der Waals surface area contributed by atoms with Crippen molar-refractivity contribution in [2.75, 3.05) is 0 Å². The van der Waals surface area contributed by atoms with Gasteiger partial charge in [0.15, 0.2) is 0 Å². The molecule has 0 radical (unpaired) electrons. The fourth-order valence-corrected chi connectivity index (χ4v) is 2.64. The average molecular weight is 291 g/mol. The second kappa shape index (κ2) is 6.52. The minimum Gasteiger partial charge on any atom is -0.487 e. The van der Waals surface area contributed by atoms with Gasteiger partial charge in [-0.1, -0.05) is 26.0 Å². The number of nitrogens with zero attached hydrogens (tertiary/aromatic N) is 1. The third-order valence-corrected chi connectivity index (χ3v) is 4.18. The molecule has 2 rings (SSSR count). The molecule has 0 saturated heterocycles. The zero-order valence-electron chi connectivity index (χ0n) is 11.5. The molecule has 1 N–H and O–H groups in total. The molecule has 0 aliphatic rings. The highest BCUT2D eigenvalue weighted by Crippen LogP contribution is 2.21. The van der Waals surface area contributed by atoms with E-state index in [4.69, 9.17) is 9.84 Å². The summed E-state index contributed by atoms with van der Waals surface area (Å²) in [4.78, 5) is 15.7. The summed E-state index contributed by atoms with van der Waals surface area (Å²) in [6.07, 6.45) is 1.71. The fourth-order valence-electron chi connectivity index (χ4n) is 1.79. The van der Waals surface area contributed by atoms with E-state index in [2.05, 4.69) is 11.9 Å². The van der Waals surface area contributed by atoms with E-state index < -0.39 is 5.97 Å². The molecule has 1 aromatic carbocycles. The number of hydrogen-bond acceptors (Lipinski definition) is 4. The largest absolute Gasteiger partial charge is 0.487 e. The molecule has 0 bridgehead atoms. The lowest BCUT2D eigenvalue weighted by Crippen LogP contribution is -2.03. The predicted molar refractivity (Wildman–Crippen MR) is 78.6 cm³/mol. The zero-order chi connectivity index (χ0) is 14.5. The van der Waals surface area contributed by atoms with Crippen molar-refractivity contribution < 1.29 is 14.6 Å². The fraction of sp³-hybridized carbons (Fsp3) is 0.333. The Bertz CT molecular complexity index is 590. The molecular weight excluding hydrogens is 274 g/mol. The molecule has 4 nitrogen and oxygen atoms in total. The van der Waals surface area contributed by atoms with Crippen molar-refractivity contribution >= 4 is 17.3 Å². The van der Waals surface area contributed by atoms with Crippen LogP contribution in [0, 0.1) is 0 Å². The van der Waals surface area contributed by atoms with Crippen LogP contribution in [0.2, 0.25) is 0 Å². The molecule has 0 amide bonds. The van der Waals surface area contributed by atoms with Gasteiger partial charge in [0.05, 0.1) is 5.01 Å². The Morgan fingerprint density at radius 2 is 1.95 bits per heavy atom. The standard InChI is InChI=1S/C15H17NO3S/c1-3-10-5-7-11(8-6-10)19-9-12-14(15(17)18)20-13(4-2)16-12/h5-8H,3-4,9H2,1-2H3,(H,17,18). The molecule has 0 spiro atoms. The van der Waals surface area contributed by atoms with Gasteiger partial charge in [-0.3, -0.25) is 0 Å². The molecule has 20 heavy (non-hydrogen) atoms. The normalized spacial score (nSPS) is 10.5. The molecule has 0 aliphatic heterocycles. The Labute approximate surface area is 122 Å². The van der Waals surface area contributed by atoms with Crippen LogP contribution in [0.5, 0.6) is 5.75 Å². The summed E-state index contributed by atoms with van der Waals surface area (Å²) in [5.74, 6) is -0.216. The number of carbonyl (C=O) groups is 1. The molecule has 1 aromatic heterocycles. The van der Waals surface area contributed by atoms with Crippen LogP contribution in [0.1, 0.15) is 39.8 Å². The summed E-state index contributed by atoms with van der Waals surface area (Å²) in [6, 6.07) is 7.80. The van der Waals surface area contributed by atoms with Gasteiger partial charge in [0, 0.05) is 0 Å². The van der Waals surface area contributed by atoms with Crippen LogP contribution in [-0.2, 0) is 19.4 Å². The summed E-state index contributed by atoms with van der Waals surface area (Å²) in [6.45, 7) is 4.23. The van der Waals surface area contributed by atoms with Crippen molar-refractivity contribution in [3.8, 4) is 5.75 Å². The van der Waals surface area contributed by atoms with Crippen molar-refractivity contribution in [1.29, 1.82) is 0 Å². The predicted octanol–water partition coefficient (Wildman–Crippen LogP) is 3.55. The van der Waals surface area contributed by atoms with Gasteiger partial charge < -0.3 is 9.84 Å². The van der Waals surface area contributed by atoms with Crippen LogP contribution in [-0.4, -0.2) is 16.1 Å². The Morgan fingerprint density at radius 1 is 1.25 bits per heavy atom. The second-order valence-corrected chi connectivity index (χ2v) is 5.41. The highest BCUT2D eigenvalue weighted by atomic mass is 32.1. The molecule has 5 heteroatoms. The number of aromatic carboxylic acids is 1. The molecule has 0 fully saturated rings. The monoisotopic (exact) mass is 291 g/mol. The maximum absolute atomic E-state index is 11.2. The first kappa shape index (κ1) is 14.5. The van der Waals surface area contributed by atoms with Gasteiger partial charge in [-0.2, -0.15) is 0 Å². The highest BCUT2D eigenvalue weighted by Gasteiger charge is 2.17. The first-order chi connectivity index (χ1) is 9.63. The van der Waals surface area contributed by atoms with E-state index in [1.54, 1.807) is 0 Å². The number of aryl methyl sites for hydroxylation is 2. The topological polar surface area (TPSA) is 59.4 Å². The molecular formula is C15H17NO3S. The average Bonchev–Trinajstić information content (AvgIpc) is 2.89. The zero-order valence-corrected chi connectivity index (χ0v) is 12.4. The minimum absolute atomic E-state index is 0.184. The van der Waals surface area contributed by atoms with Gasteiger partial charge >= 0.3 is 5.97 Å². The van der Waals surface area contributed by atoms with E-state index in [1.165, 1.54) is 16.9 Å². The SMILES string of the molecule is CCc1ccc(OCc2nc(CC)sc2C(=O)O)cc1. The number of aromatic nitrogens is 1. The van der Waals surface area contributed by atoms with Crippen molar-refractivity contribution in [3.05, 3.63) is 45.4 Å². The molecule has 0 saturated carbocycles. The maximum atomic E-state index is 11.2. The van der Waals surface area contributed by atoms with Crippen molar-refractivity contribution in [3.63, 3.8) is 0 Å². The number of hydrogen-bond donors (Lipinski definition) is 1. The Hall–Kier alpha value is -1.88. The number of rotatable bonds is 6. The van der Waals surface area contributed by atoms with E-state index in [1.807, 2.05) is 31.2 Å². The lowest BCUT2D eigenvalue weighted by atomic mass is 10.2. The van der Waals surface area contributed by atoms with Gasteiger partial charge in [0.1, 0.15) is 22.9 Å². The van der Waals surface area contributed by atoms with Gasteiger partial charge in [-0.05, 0) is 30.5 Å². The maximum Gasteiger partial charge on any atom is 0.347 e. The van der Waals surface area contributed by atoms with Gasteiger partial charge in [0.2, 0.25) is 0 Å². The summed E-state index contributed by atoms with van der Waals surface area (Å²) in [5, 5.41) is 9.98. The quantitative estimate of drug-likeness (QED) is 0.884. The van der Waals surface area contributed by atoms with Crippen molar-refractivity contribution in [1.82, 2.24) is 4.98 Å². The van der Waals surface area contributed by atoms with Crippen LogP contribution >= 0.6 is 11.3 Å². The number of benzene rings is 1. The molecule has 106 valence electrons.